The topological polar surface area (TPSA) is 63.1 Å². The summed E-state index contributed by atoms with van der Waals surface area (Å²) in [4.78, 5) is 25.2. The number of aromatic nitrogens is 1. The van der Waals surface area contributed by atoms with Crippen LogP contribution >= 0.6 is 0 Å². The number of anilines is 2. The first kappa shape index (κ1) is 20.3. The van der Waals surface area contributed by atoms with E-state index in [0.717, 1.165) is 23.4 Å². The van der Waals surface area contributed by atoms with Crippen LogP contribution in [0.25, 0.3) is 0 Å². The van der Waals surface area contributed by atoms with Crippen LogP contribution < -0.4 is 10.6 Å². The predicted octanol–water partition coefficient (Wildman–Crippen LogP) is 4.35. The van der Waals surface area contributed by atoms with Crippen LogP contribution in [-0.4, -0.2) is 16.4 Å². The number of halogens is 2. The van der Waals surface area contributed by atoms with E-state index in [0.29, 0.717) is 16.9 Å². The van der Waals surface area contributed by atoms with Crippen molar-refractivity contribution in [2.75, 3.05) is 10.6 Å². The lowest BCUT2D eigenvalue weighted by atomic mass is 10.1. The van der Waals surface area contributed by atoms with Crippen molar-refractivity contribution in [3.05, 3.63) is 82.7 Å². The molecule has 2 amide bonds. The third-order valence-electron chi connectivity index (χ3n) is 4.87. The molecule has 0 fully saturated rings. The molecule has 7 heteroatoms. The average Bonchev–Trinajstić information content (AvgIpc) is 2.89. The molecule has 0 radical (unpaired) electrons. The molecule has 0 aliphatic carbocycles. The van der Waals surface area contributed by atoms with Crippen molar-refractivity contribution in [2.24, 2.45) is 7.05 Å². The third kappa shape index (κ3) is 4.34. The van der Waals surface area contributed by atoms with E-state index in [1.807, 2.05) is 25.1 Å². The standard InChI is InChI=1S/C22H21F2N3O2/c1-13-17(12-20(28)25-15-7-5-4-6-8-15)14(2)27(3)21(13)22(29)26-16-9-10-18(23)19(24)11-16/h4-11H,12H2,1-3H3,(H,25,28)(H,26,29). The highest BCUT2D eigenvalue weighted by Gasteiger charge is 2.22. The molecule has 0 bridgehead atoms. The van der Waals surface area contributed by atoms with Crippen molar-refractivity contribution in [3.63, 3.8) is 0 Å². The summed E-state index contributed by atoms with van der Waals surface area (Å²) in [5.74, 6) is -2.68. The maximum absolute atomic E-state index is 13.4. The number of benzene rings is 2. The Morgan fingerprint density at radius 3 is 2.28 bits per heavy atom. The molecule has 2 N–H and O–H groups in total. The number of hydrogen-bond acceptors (Lipinski definition) is 2. The number of rotatable bonds is 5. The zero-order valence-electron chi connectivity index (χ0n) is 16.3. The van der Waals surface area contributed by atoms with Crippen molar-refractivity contribution < 1.29 is 18.4 Å². The van der Waals surface area contributed by atoms with Crippen molar-refractivity contribution in [1.29, 1.82) is 0 Å². The van der Waals surface area contributed by atoms with E-state index in [1.165, 1.54) is 6.07 Å². The van der Waals surface area contributed by atoms with Gasteiger partial charge in [0, 0.05) is 30.2 Å². The molecule has 0 saturated heterocycles. The number of nitrogens with one attached hydrogen (secondary N) is 2. The zero-order chi connectivity index (χ0) is 21.1. The van der Waals surface area contributed by atoms with E-state index >= 15 is 0 Å². The summed E-state index contributed by atoms with van der Waals surface area (Å²) in [6.45, 7) is 3.59. The zero-order valence-corrected chi connectivity index (χ0v) is 16.3. The van der Waals surface area contributed by atoms with Crippen LogP contribution in [0.15, 0.2) is 48.5 Å². The molecule has 1 heterocycles. The van der Waals surface area contributed by atoms with E-state index in [2.05, 4.69) is 10.6 Å². The Hall–Kier alpha value is -3.48. The minimum Gasteiger partial charge on any atom is -0.343 e. The lowest BCUT2D eigenvalue weighted by Gasteiger charge is -2.08. The number of carbonyl (C=O) groups excluding carboxylic acids is 2. The fourth-order valence-corrected chi connectivity index (χ4v) is 3.27. The Morgan fingerprint density at radius 1 is 0.931 bits per heavy atom. The lowest BCUT2D eigenvalue weighted by molar-refractivity contribution is -0.115. The fourth-order valence-electron chi connectivity index (χ4n) is 3.27. The van der Waals surface area contributed by atoms with Gasteiger partial charge in [-0.1, -0.05) is 18.2 Å². The Labute approximate surface area is 167 Å². The fraction of sp³-hybridized carbons (Fsp3) is 0.182. The number of carbonyl (C=O) groups is 2. The SMILES string of the molecule is Cc1c(CC(=O)Nc2ccccc2)c(C)n(C)c1C(=O)Nc1ccc(F)c(F)c1. The van der Waals surface area contributed by atoms with E-state index in [1.54, 1.807) is 30.7 Å². The van der Waals surface area contributed by atoms with Gasteiger partial charge in [-0.25, -0.2) is 8.78 Å². The van der Waals surface area contributed by atoms with Crippen molar-refractivity contribution in [3.8, 4) is 0 Å². The molecule has 0 aliphatic rings. The van der Waals surface area contributed by atoms with Crippen LogP contribution in [0.3, 0.4) is 0 Å². The molecule has 3 aromatic rings. The van der Waals surface area contributed by atoms with Crippen LogP contribution in [0.5, 0.6) is 0 Å². The first-order valence-electron chi connectivity index (χ1n) is 9.04. The van der Waals surface area contributed by atoms with Crippen LogP contribution in [0, 0.1) is 25.5 Å². The van der Waals surface area contributed by atoms with E-state index < -0.39 is 17.5 Å². The maximum Gasteiger partial charge on any atom is 0.272 e. The first-order valence-corrected chi connectivity index (χ1v) is 9.04. The van der Waals surface area contributed by atoms with Gasteiger partial charge in [0.25, 0.3) is 5.91 Å². The summed E-state index contributed by atoms with van der Waals surface area (Å²) in [6, 6.07) is 12.3. The average molecular weight is 397 g/mol. The first-order chi connectivity index (χ1) is 13.8. The predicted molar refractivity (Wildman–Crippen MR) is 108 cm³/mol. The summed E-state index contributed by atoms with van der Waals surface area (Å²) in [7, 11) is 1.72. The van der Waals surface area contributed by atoms with Gasteiger partial charge >= 0.3 is 0 Å². The molecule has 0 atom stereocenters. The molecule has 2 aromatic carbocycles. The van der Waals surface area contributed by atoms with Crippen molar-refractivity contribution in [1.82, 2.24) is 4.57 Å². The second kappa shape index (κ2) is 8.26. The van der Waals surface area contributed by atoms with Crippen molar-refractivity contribution in [2.45, 2.75) is 20.3 Å². The summed E-state index contributed by atoms with van der Waals surface area (Å²) < 4.78 is 28.2. The van der Waals surface area contributed by atoms with Gasteiger partial charge in [0.2, 0.25) is 5.91 Å². The van der Waals surface area contributed by atoms with Crippen LogP contribution in [0.2, 0.25) is 0 Å². The van der Waals surface area contributed by atoms with Gasteiger partial charge in [0.15, 0.2) is 11.6 Å². The Kier molecular flexibility index (Phi) is 5.77. The normalized spacial score (nSPS) is 10.7. The van der Waals surface area contributed by atoms with Gasteiger partial charge in [0.1, 0.15) is 5.69 Å². The summed E-state index contributed by atoms with van der Waals surface area (Å²) in [5, 5.41) is 5.40. The Balaban J connectivity index is 1.81. The molecule has 3 rings (SSSR count). The van der Waals surface area contributed by atoms with E-state index in [4.69, 9.17) is 0 Å². The maximum atomic E-state index is 13.4. The Bertz CT molecular complexity index is 1080. The van der Waals surface area contributed by atoms with Crippen LogP contribution in [0.4, 0.5) is 20.2 Å². The second-order valence-corrected chi connectivity index (χ2v) is 6.77. The number of hydrogen-bond donors (Lipinski definition) is 2. The molecular formula is C22H21F2N3O2. The lowest BCUT2D eigenvalue weighted by Crippen LogP contribution is -2.17. The van der Waals surface area contributed by atoms with Gasteiger partial charge in [-0.2, -0.15) is 0 Å². The molecule has 0 spiro atoms. The van der Waals surface area contributed by atoms with E-state index in [-0.39, 0.29) is 18.0 Å². The van der Waals surface area contributed by atoms with Crippen molar-refractivity contribution >= 4 is 23.2 Å². The minimum atomic E-state index is -1.04. The van der Waals surface area contributed by atoms with Gasteiger partial charge in [-0.3, -0.25) is 9.59 Å². The van der Waals surface area contributed by atoms with Crippen LogP contribution in [0.1, 0.15) is 27.3 Å². The number of amides is 2. The van der Waals surface area contributed by atoms with Crippen LogP contribution in [-0.2, 0) is 18.3 Å². The molecule has 150 valence electrons. The summed E-state index contributed by atoms with van der Waals surface area (Å²) in [6.07, 6.45) is 0.110. The molecule has 0 unspecified atom stereocenters. The summed E-state index contributed by atoms with van der Waals surface area (Å²) >= 11 is 0. The minimum absolute atomic E-state index is 0.110. The molecule has 1 aromatic heterocycles. The molecule has 0 aliphatic heterocycles. The van der Waals surface area contributed by atoms with E-state index in [9.17, 15) is 18.4 Å². The molecular weight excluding hydrogens is 376 g/mol. The van der Waals surface area contributed by atoms with Gasteiger partial charge in [-0.15, -0.1) is 0 Å². The molecule has 0 saturated carbocycles. The molecule has 5 nitrogen and oxygen atoms in total. The van der Waals surface area contributed by atoms with Gasteiger partial charge < -0.3 is 15.2 Å². The summed E-state index contributed by atoms with van der Waals surface area (Å²) in [5.41, 5.74) is 3.39. The Morgan fingerprint density at radius 2 is 1.62 bits per heavy atom. The number of para-hydroxylation sites is 1. The van der Waals surface area contributed by atoms with Gasteiger partial charge in [-0.05, 0) is 49.2 Å². The highest BCUT2D eigenvalue weighted by Crippen LogP contribution is 2.24. The molecule has 29 heavy (non-hydrogen) atoms. The van der Waals surface area contributed by atoms with Gasteiger partial charge in [0.05, 0.1) is 6.42 Å². The highest BCUT2D eigenvalue weighted by molar-refractivity contribution is 6.05. The number of nitrogens with zero attached hydrogens (tertiary/aromatic N) is 1. The highest BCUT2D eigenvalue weighted by atomic mass is 19.2. The third-order valence-corrected chi connectivity index (χ3v) is 4.87. The smallest absolute Gasteiger partial charge is 0.272 e. The largest absolute Gasteiger partial charge is 0.343 e. The second-order valence-electron chi connectivity index (χ2n) is 6.77. The quantitative estimate of drug-likeness (QED) is 0.672. The monoisotopic (exact) mass is 397 g/mol.